The predicted octanol–water partition coefficient (Wildman–Crippen LogP) is -1.46. The van der Waals surface area contributed by atoms with Crippen molar-refractivity contribution in [2.75, 3.05) is 0 Å². The third-order valence-corrected chi connectivity index (χ3v) is 0. The Bertz CT molecular complexity index is 8.00. The van der Waals surface area contributed by atoms with Gasteiger partial charge in [-0.05, 0) is 11.0 Å². The SMILES string of the molecule is [Cr].[Ni].[SiH4].[W]. The zero-order chi connectivity index (χ0) is 0. The van der Waals surface area contributed by atoms with Crippen molar-refractivity contribution in [3.8, 4) is 0 Å². The molecule has 0 radical (unpaired) electrons. The Labute approximate surface area is 65.5 Å². The fraction of sp³-hybridized carbons (Fsp3) is 0. The minimum atomic E-state index is 0. The first-order valence-corrected chi connectivity index (χ1v) is 0. The average Bonchev–Trinajstić information content (AvgIpc) is 0. The van der Waals surface area contributed by atoms with Crippen molar-refractivity contribution in [3.63, 3.8) is 0 Å². The topological polar surface area (TPSA) is 0 Å². The van der Waals surface area contributed by atoms with Crippen LogP contribution in [0.4, 0.5) is 0 Å². The molecule has 4 heteroatoms. The van der Waals surface area contributed by atoms with Gasteiger partial charge >= 0.3 is 0 Å². The van der Waals surface area contributed by atoms with Crippen LogP contribution in [0.25, 0.3) is 0 Å². The minimum Gasteiger partial charge on any atom is -0.0149 e. The van der Waals surface area contributed by atoms with E-state index in [4.69, 9.17) is 0 Å². The van der Waals surface area contributed by atoms with Gasteiger partial charge in [0.25, 0.3) is 0 Å². The molecule has 0 aliphatic carbocycles. The summed E-state index contributed by atoms with van der Waals surface area (Å²) in [5.74, 6) is 0. The largest absolute Gasteiger partial charge is 0.0149 e. The minimum absolute atomic E-state index is 0. The van der Waals surface area contributed by atoms with Crippen molar-refractivity contribution in [2.24, 2.45) is 0 Å². The maximum Gasteiger partial charge on any atom is 0 e. The summed E-state index contributed by atoms with van der Waals surface area (Å²) in [6.07, 6.45) is 0. The Hall–Kier alpha value is 1.93. The zero-order valence-electron chi connectivity index (χ0n) is 1.13. The maximum absolute atomic E-state index is 0. The molecule has 0 aromatic carbocycles. The fourth-order valence-electron chi connectivity index (χ4n) is 0. The molecule has 0 amide bonds. The molecule has 0 bridgehead atoms. The van der Waals surface area contributed by atoms with Crippen LogP contribution >= 0.6 is 0 Å². The molecule has 0 atom stereocenters. The second kappa shape index (κ2) is 20.4. The van der Waals surface area contributed by atoms with Gasteiger partial charge in [0.2, 0.25) is 0 Å². The van der Waals surface area contributed by atoms with E-state index < -0.39 is 0 Å². The van der Waals surface area contributed by atoms with Gasteiger partial charge in [-0.15, -0.1) is 0 Å². The van der Waals surface area contributed by atoms with Crippen molar-refractivity contribution in [1.29, 1.82) is 0 Å². The summed E-state index contributed by atoms with van der Waals surface area (Å²) in [6, 6.07) is 0. The summed E-state index contributed by atoms with van der Waals surface area (Å²) >= 11 is 0. The van der Waals surface area contributed by atoms with Gasteiger partial charge < -0.3 is 0 Å². The van der Waals surface area contributed by atoms with Crippen LogP contribution in [-0.2, 0) is 54.9 Å². The van der Waals surface area contributed by atoms with Crippen molar-refractivity contribution < 1.29 is 54.9 Å². The molecule has 0 aromatic heterocycles. The van der Waals surface area contributed by atoms with Crippen LogP contribution in [0.3, 0.4) is 0 Å². The van der Waals surface area contributed by atoms with E-state index in [0.717, 1.165) is 0 Å². The third-order valence-electron chi connectivity index (χ3n) is 0. The maximum atomic E-state index is 0. The van der Waals surface area contributed by atoms with Gasteiger partial charge in [0.05, 0.1) is 0 Å². The van der Waals surface area contributed by atoms with Gasteiger partial charge in [-0.2, -0.15) is 0 Å². The standard InChI is InChI=1S/Cr.Ni.H4Si.W/h;;1H4;. The Morgan fingerprint density at radius 2 is 1.00 bits per heavy atom. The van der Waals surface area contributed by atoms with Gasteiger partial charge in [-0.25, -0.2) is 0 Å². The first-order chi connectivity index (χ1) is 0. The van der Waals surface area contributed by atoms with E-state index in [1.807, 2.05) is 0 Å². The summed E-state index contributed by atoms with van der Waals surface area (Å²) in [5, 5.41) is 0. The summed E-state index contributed by atoms with van der Waals surface area (Å²) < 4.78 is 0. The van der Waals surface area contributed by atoms with Gasteiger partial charge in [0, 0.05) is 54.9 Å². The second-order valence-corrected chi connectivity index (χ2v) is 0. The normalized spacial score (nSPS) is 0. The van der Waals surface area contributed by atoms with Crippen molar-refractivity contribution in [1.82, 2.24) is 0 Å². The van der Waals surface area contributed by atoms with E-state index >= 15 is 0 Å². The monoisotopic (exact) mass is 326 g/mol. The smallest absolute Gasteiger partial charge is 0 e. The molecule has 0 aliphatic heterocycles. The van der Waals surface area contributed by atoms with Crippen molar-refractivity contribution >= 4 is 11.0 Å². The summed E-state index contributed by atoms with van der Waals surface area (Å²) in [6.45, 7) is 0. The van der Waals surface area contributed by atoms with E-state index in [-0.39, 0.29) is 65.9 Å². The van der Waals surface area contributed by atoms with E-state index in [2.05, 4.69) is 0 Å². The molecule has 0 N–H and O–H groups in total. The molecule has 0 saturated heterocycles. The molecule has 30 valence electrons. The van der Waals surface area contributed by atoms with E-state index in [1.165, 1.54) is 0 Å². The van der Waals surface area contributed by atoms with Gasteiger partial charge in [0.1, 0.15) is 0 Å². The van der Waals surface area contributed by atoms with Crippen LogP contribution in [0.1, 0.15) is 0 Å². The Morgan fingerprint density at radius 3 is 1.00 bits per heavy atom. The number of hydrogen-bond acceptors (Lipinski definition) is 0. The molecule has 0 heterocycles. The zero-order valence-corrected chi connectivity index (χ0v) is 6.33. The molecule has 0 aromatic rings. The van der Waals surface area contributed by atoms with Gasteiger partial charge in [-0.1, -0.05) is 0 Å². The molecule has 0 rings (SSSR count). The van der Waals surface area contributed by atoms with Crippen molar-refractivity contribution in [3.05, 3.63) is 0 Å². The quantitative estimate of drug-likeness (QED) is 0.478. The van der Waals surface area contributed by atoms with Crippen LogP contribution in [0.15, 0.2) is 0 Å². The van der Waals surface area contributed by atoms with E-state index in [9.17, 15) is 0 Å². The molecule has 0 spiro atoms. The molecule has 0 fully saturated rings. The summed E-state index contributed by atoms with van der Waals surface area (Å²) in [5.41, 5.74) is 0. The van der Waals surface area contributed by atoms with Crippen LogP contribution in [0.2, 0.25) is 0 Å². The first-order valence-electron chi connectivity index (χ1n) is 0. The summed E-state index contributed by atoms with van der Waals surface area (Å²) in [4.78, 5) is 0. The Balaban J connectivity index is 0. The molecule has 0 unspecified atom stereocenters. The van der Waals surface area contributed by atoms with E-state index in [1.54, 1.807) is 0 Å². The number of hydrogen-bond donors (Lipinski definition) is 0. The third kappa shape index (κ3) is 9.06. The summed E-state index contributed by atoms with van der Waals surface area (Å²) in [7, 11) is 0. The molecule has 0 aliphatic rings. The average molecular weight is 327 g/mol. The van der Waals surface area contributed by atoms with Crippen LogP contribution in [0, 0.1) is 0 Å². The fourth-order valence-corrected chi connectivity index (χ4v) is 0. The van der Waals surface area contributed by atoms with E-state index in [0.29, 0.717) is 0 Å². The van der Waals surface area contributed by atoms with Gasteiger partial charge in [-0.3, -0.25) is 0 Å². The van der Waals surface area contributed by atoms with Gasteiger partial charge in [0.15, 0.2) is 0 Å². The Morgan fingerprint density at radius 1 is 1.00 bits per heavy atom. The predicted molar refractivity (Wildman–Crippen MR) is 11.3 cm³/mol. The molecular formula is H4CrNiSiW. The van der Waals surface area contributed by atoms with Crippen LogP contribution in [-0.4, -0.2) is 11.0 Å². The van der Waals surface area contributed by atoms with Crippen LogP contribution < -0.4 is 0 Å². The molecule has 4 heavy (non-hydrogen) atoms. The second-order valence-electron chi connectivity index (χ2n) is 0. The van der Waals surface area contributed by atoms with Crippen molar-refractivity contribution in [2.45, 2.75) is 0 Å². The molecule has 0 saturated carbocycles. The van der Waals surface area contributed by atoms with Crippen LogP contribution in [0.5, 0.6) is 0 Å². The first kappa shape index (κ1) is 38.7. The molecule has 0 nitrogen and oxygen atoms in total. The number of rotatable bonds is 0. The molecular weight excluding hydrogens is 323 g/mol. The Kier molecular flexibility index (Phi) is 198.